The lowest BCUT2D eigenvalue weighted by molar-refractivity contribution is -0.161. The predicted molar refractivity (Wildman–Crippen MR) is 80.1 cm³/mol. The molecular weight excluding hydrogens is 318 g/mol. The van der Waals surface area contributed by atoms with E-state index in [2.05, 4.69) is 20.9 Å². The van der Waals surface area contributed by atoms with Crippen molar-refractivity contribution in [2.24, 2.45) is 11.3 Å². The third-order valence-electron chi connectivity index (χ3n) is 5.04. The number of halogens is 1. The van der Waals surface area contributed by atoms with E-state index in [4.69, 9.17) is 4.74 Å². The van der Waals surface area contributed by atoms with Crippen molar-refractivity contribution in [2.45, 2.75) is 51.6 Å². The van der Waals surface area contributed by atoms with Gasteiger partial charge in [0.1, 0.15) is 10.7 Å². The Morgan fingerprint density at radius 2 is 2.00 bits per heavy atom. The minimum Gasteiger partial charge on any atom is -0.457 e. The smallest absolute Gasteiger partial charge is 0.303 e. The summed E-state index contributed by atoms with van der Waals surface area (Å²) >= 11 is 3.36. The molecule has 3 fully saturated rings. The fraction of sp³-hybridized carbons (Fsp3) is 0.625. The molecule has 1 unspecified atom stereocenters. The predicted octanol–water partition coefficient (Wildman–Crippen LogP) is 4.42. The van der Waals surface area contributed by atoms with E-state index >= 15 is 0 Å². The van der Waals surface area contributed by atoms with Gasteiger partial charge in [-0.2, -0.15) is 0 Å². The van der Waals surface area contributed by atoms with Crippen LogP contribution in [0.3, 0.4) is 0 Å². The number of hydrogen-bond acceptors (Lipinski definition) is 3. The van der Waals surface area contributed by atoms with Gasteiger partial charge in [-0.15, -0.1) is 0 Å². The molecule has 1 aromatic rings. The Kier molecular flexibility index (Phi) is 3.85. The number of aromatic nitrogens is 1. The van der Waals surface area contributed by atoms with Crippen molar-refractivity contribution in [3.8, 4) is 0 Å². The maximum absolute atomic E-state index is 11.6. The zero-order chi connectivity index (χ0) is 14.2. The van der Waals surface area contributed by atoms with Crippen molar-refractivity contribution in [2.75, 3.05) is 0 Å². The van der Waals surface area contributed by atoms with Crippen LogP contribution in [-0.4, -0.2) is 11.0 Å². The van der Waals surface area contributed by atoms with Gasteiger partial charge in [0.2, 0.25) is 0 Å². The Balaban J connectivity index is 1.93. The third kappa shape index (κ3) is 2.62. The van der Waals surface area contributed by atoms with Crippen LogP contribution in [-0.2, 0) is 9.53 Å². The van der Waals surface area contributed by atoms with Crippen LogP contribution in [0, 0.1) is 11.3 Å². The SMILES string of the molecule is CC(=O)OC(c1ccc(Br)nc1)C12CCC(CC1)CC2. The zero-order valence-electron chi connectivity index (χ0n) is 11.8. The molecule has 20 heavy (non-hydrogen) atoms. The molecule has 0 spiro atoms. The Hall–Kier alpha value is -0.900. The van der Waals surface area contributed by atoms with Gasteiger partial charge in [0.15, 0.2) is 0 Å². The lowest BCUT2D eigenvalue weighted by Crippen LogP contribution is -2.40. The summed E-state index contributed by atoms with van der Waals surface area (Å²) in [6.07, 6.45) is 9.06. The first-order valence-corrected chi connectivity index (χ1v) is 8.17. The molecule has 1 aromatic heterocycles. The van der Waals surface area contributed by atoms with Gasteiger partial charge in [0.25, 0.3) is 0 Å². The number of hydrogen-bond donors (Lipinski definition) is 0. The van der Waals surface area contributed by atoms with E-state index in [0.717, 1.165) is 16.1 Å². The number of nitrogens with zero attached hydrogens (tertiary/aromatic N) is 1. The fourth-order valence-electron chi connectivity index (χ4n) is 3.93. The quantitative estimate of drug-likeness (QED) is 0.605. The summed E-state index contributed by atoms with van der Waals surface area (Å²) in [5, 5.41) is 0. The molecule has 0 saturated heterocycles. The van der Waals surface area contributed by atoms with E-state index < -0.39 is 0 Å². The highest BCUT2D eigenvalue weighted by atomic mass is 79.9. The maximum Gasteiger partial charge on any atom is 0.303 e. The Morgan fingerprint density at radius 3 is 2.50 bits per heavy atom. The van der Waals surface area contributed by atoms with Gasteiger partial charge in [-0.05, 0) is 66.4 Å². The summed E-state index contributed by atoms with van der Waals surface area (Å²) in [6, 6.07) is 3.96. The summed E-state index contributed by atoms with van der Waals surface area (Å²) in [6.45, 7) is 1.50. The molecule has 3 aliphatic carbocycles. The summed E-state index contributed by atoms with van der Waals surface area (Å²) in [7, 11) is 0. The standard InChI is InChI=1S/C16H20BrNO2/c1-11(19)20-15(13-2-3-14(17)18-10-13)16-7-4-12(5-8-16)6-9-16/h2-3,10,12,15H,4-9H2,1H3. The normalized spacial score (nSPS) is 30.0. The fourth-order valence-corrected chi connectivity index (χ4v) is 4.17. The molecule has 0 aromatic carbocycles. The van der Waals surface area contributed by atoms with Crippen LogP contribution < -0.4 is 0 Å². The van der Waals surface area contributed by atoms with E-state index in [9.17, 15) is 4.79 Å². The number of ether oxygens (including phenoxy) is 1. The summed E-state index contributed by atoms with van der Waals surface area (Å²) < 4.78 is 6.55. The second-order valence-electron chi connectivity index (χ2n) is 6.25. The molecule has 1 heterocycles. The number of pyridine rings is 1. The van der Waals surface area contributed by atoms with Crippen LogP contribution in [0.25, 0.3) is 0 Å². The molecule has 3 aliphatic rings. The molecule has 4 heteroatoms. The summed E-state index contributed by atoms with van der Waals surface area (Å²) in [5.74, 6) is 0.706. The highest BCUT2D eigenvalue weighted by Crippen LogP contribution is 2.57. The van der Waals surface area contributed by atoms with Crippen LogP contribution in [0.1, 0.15) is 57.1 Å². The van der Waals surface area contributed by atoms with Gasteiger partial charge in [0.05, 0.1) is 0 Å². The van der Waals surface area contributed by atoms with Crippen LogP contribution in [0.2, 0.25) is 0 Å². The van der Waals surface area contributed by atoms with Gasteiger partial charge in [-0.25, -0.2) is 4.98 Å². The van der Waals surface area contributed by atoms with E-state index in [1.54, 1.807) is 0 Å². The second kappa shape index (κ2) is 5.47. The highest BCUT2D eigenvalue weighted by molar-refractivity contribution is 9.10. The zero-order valence-corrected chi connectivity index (χ0v) is 13.4. The van der Waals surface area contributed by atoms with E-state index in [1.807, 2.05) is 18.3 Å². The van der Waals surface area contributed by atoms with Gasteiger partial charge < -0.3 is 4.74 Å². The maximum atomic E-state index is 11.6. The van der Waals surface area contributed by atoms with Gasteiger partial charge in [-0.3, -0.25) is 4.79 Å². The molecule has 2 bridgehead atoms. The monoisotopic (exact) mass is 337 g/mol. The van der Waals surface area contributed by atoms with Crippen LogP contribution >= 0.6 is 15.9 Å². The van der Waals surface area contributed by atoms with E-state index in [-0.39, 0.29) is 17.5 Å². The average Bonchev–Trinajstić information content (AvgIpc) is 2.47. The van der Waals surface area contributed by atoms with Crippen molar-refractivity contribution in [1.82, 2.24) is 4.98 Å². The lowest BCUT2D eigenvalue weighted by Gasteiger charge is -2.50. The number of rotatable bonds is 3. The minimum absolute atomic E-state index is 0.135. The molecule has 0 N–H and O–H groups in total. The number of fused-ring (bicyclic) bond motifs is 3. The molecular formula is C16H20BrNO2. The minimum atomic E-state index is -0.194. The first kappa shape index (κ1) is 14.1. The van der Waals surface area contributed by atoms with Crippen molar-refractivity contribution < 1.29 is 9.53 Å². The molecule has 1 atom stereocenters. The molecule has 0 aliphatic heterocycles. The van der Waals surface area contributed by atoms with Crippen molar-refractivity contribution in [3.63, 3.8) is 0 Å². The molecule has 4 rings (SSSR count). The first-order valence-electron chi connectivity index (χ1n) is 7.38. The number of esters is 1. The van der Waals surface area contributed by atoms with Crippen LogP contribution in [0.15, 0.2) is 22.9 Å². The second-order valence-corrected chi connectivity index (χ2v) is 7.06. The van der Waals surface area contributed by atoms with Gasteiger partial charge in [0, 0.05) is 24.1 Å². The molecule has 3 nitrogen and oxygen atoms in total. The number of carbonyl (C=O) groups excluding carboxylic acids is 1. The van der Waals surface area contributed by atoms with Gasteiger partial charge in [-0.1, -0.05) is 6.07 Å². The Labute approximate surface area is 128 Å². The van der Waals surface area contributed by atoms with Crippen LogP contribution in [0.4, 0.5) is 0 Å². The average molecular weight is 338 g/mol. The summed E-state index contributed by atoms with van der Waals surface area (Å²) in [4.78, 5) is 15.9. The Morgan fingerprint density at radius 1 is 1.35 bits per heavy atom. The van der Waals surface area contributed by atoms with Crippen molar-refractivity contribution >= 4 is 21.9 Å². The van der Waals surface area contributed by atoms with Crippen molar-refractivity contribution in [3.05, 3.63) is 28.5 Å². The summed E-state index contributed by atoms with van der Waals surface area (Å²) in [5.41, 5.74) is 1.17. The highest BCUT2D eigenvalue weighted by Gasteiger charge is 2.48. The molecule has 0 radical (unpaired) electrons. The molecule has 108 valence electrons. The lowest BCUT2D eigenvalue weighted by atomic mass is 9.57. The topological polar surface area (TPSA) is 39.2 Å². The van der Waals surface area contributed by atoms with E-state index in [1.165, 1.54) is 45.4 Å². The van der Waals surface area contributed by atoms with Crippen LogP contribution in [0.5, 0.6) is 0 Å². The van der Waals surface area contributed by atoms with E-state index in [0.29, 0.717) is 0 Å². The largest absolute Gasteiger partial charge is 0.457 e. The molecule has 0 amide bonds. The third-order valence-corrected chi connectivity index (χ3v) is 5.51. The Bertz CT molecular complexity index is 478. The van der Waals surface area contributed by atoms with Crippen molar-refractivity contribution in [1.29, 1.82) is 0 Å². The molecule has 3 saturated carbocycles. The number of carbonyl (C=O) groups is 1. The van der Waals surface area contributed by atoms with Gasteiger partial charge >= 0.3 is 5.97 Å². The first-order chi connectivity index (χ1) is 9.59.